The van der Waals surface area contributed by atoms with Gasteiger partial charge in [0.1, 0.15) is 0 Å². The van der Waals surface area contributed by atoms with Gasteiger partial charge in [-0.2, -0.15) is 0 Å². The summed E-state index contributed by atoms with van der Waals surface area (Å²) in [6.07, 6.45) is 1.56. The van der Waals surface area contributed by atoms with E-state index in [-0.39, 0.29) is 18.1 Å². The number of fused-ring (bicyclic) bond motifs is 1. The lowest BCUT2D eigenvalue weighted by Crippen LogP contribution is -2.17. The summed E-state index contributed by atoms with van der Waals surface area (Å²) in [5.74, 6) is -1.26. The number of hydrogen-bond donors (Lipinski definition) is 1. The summed E-state index contributed by atoms with van der Waals surface area (Å²) in [6.45, 7) is 2.04. The first-order chi connectivity index (χ1) is 8.13. The lowest BCUT2D eigenvalue weighted by Gasteiger charge is -2.16. The maximum Gasteiger partial charge on any atom is 0.306 e. The number of hydrogen-bond acceptors (Lipinski definition) is 2. The number of aliphatic carboxylic acids is 1. The zero-order chi connectivity index (χ0) is 12.4. The van der Waals surface area contributed by atoms with Crippen LogP contribution in [-0.2, 0) is 4.79 Å². The molecule has 1 aliphatic carbocycles. The van der Waals surface area contributed by atoms with Gasteiger partial charge in [0.2, 0.25) is 0 Å². The van der Waals surface area contributed by atoms with Crippen molar-refractivity contribution in [3.05, 3.63) is 35.4 Å². The van der Waals surface area contributed by atoms with Crippen molar-refractivity contribution >= 4 is 11.8 Å². The molecule has 90 valence electrons. The van der Waals surface area contributed by atoms with E-state index in [9.17, 15) is 9.59 Å². The number of rotatable bonds is 2. The molecule has 0 fully saturated rings. The number of carbonyl (C=O) groups is 2. The van der Waals surface area contributed by atoms with E-state index in [1.807, 2.05) is 31.2 Å². The van der Waals surface area contributed by atoms with E-state index in [4.69, 9.17) is 5.11 Å². The second kappa shape index (κ2) is 4.70. The smallest absolute Gasteiger partial charge is 0.306 e. The highest BCUT2D eigenvalue weighted by Crippen LogP contribution is 2.35. The summed E-state index contributed by atoms with van der Waals surface area (Å²) >= 11 is 0. The number of benzene rings is 1. The van der Waals surface area contributed by atoms with Crippen LogP contribution in [0.15, 0.2) is 24.3 Å². The standard InChI is InChI=1S/C14H16O3/c1-2-9-7-10(14(16)17)8-13(15)12-6-4-3-5-11(9)12/h3-6,9-10H,2,7-8H2,1H3,(H,16,17). The molecule has 2 unspecified atom stereocenters. The van der Waals surface area contributed by atoms with Crippen molar-refractivity contribution in [3.8, 4) is 0 Å². The van der Waals surface area contributed by atoms with Crippen molar-refractivity contribution in [1.82, 2.24) is 0 Å². The van der Waals surface area contributed by atoms with Crippen molar-refractivity contribution < 1.29 is 14.7 Å². The first-order valence-electron chi connectivity index (χ1n) is 5.98. The minimum atomic E-state index is -0.857. The number of carboxylic acid groups (broad SMARTS) is 1. The van der Waals surface area contributed by atoms with Crippen LogP contribution in [0, 0.1) is 5.92 Å². The SMILES string of the molecule is CCC1CC(C(=O)O)CC(=O)c2ccccc21. The molecule has 2 atom stereocenters. The molecule has 3 heteroatoms. The summed E-state index contributed by atoms with van der Waals surface area (Å²) in [5, 5.41) is 9.12. The molecule has 1 N–H and O–H groups in total. The summed E-state index contributed by atoms with van der Waals surface area (Å²) in [5.41, 5.74) is 1.73. The molecule has 0 saturated heterocycles. The molecule has 0 aromatic heterocycles. The molecule has 0 heterocycles. The van der Waals surface area contributed by atoms with Gasteiger partial charge in [0.05, 0.1) is 5.92 Å². The van der Waals surface area contributed by atoms with Crippen LogP contribution in [0.5, 0.6) is 0 Å². The topological polar surface area (TPSA) is 54.4 Å². The first kappa shape index (κ1) is 11.8. The van der Waals surface area contributed by atoms with Gasteiger partial charge in [-0.15, -0.1) is 0 Å². The molecular weight excluding hydrogens is 216 g/mol. The molecule has 17 heavy (non-hydrogen) atoms. The van der Waals surface area contributed by atoms with Crippen molar-refractivity contribution in [3.63, 3.8) is 0 Å². The Kier molecular flexibility index (Phi) is 3.27. The maximum absolute atomic E-state index is 12.0. The number of ketones is 1. The van der Waals surface area contributed by atoms with Gasteiger partial charge in [0, 0.05) is 12.0 Å². The largest absolute Gasteiger partial charge is 0.481 e. The maximum atomic E-state index is 12.0. The van der Waals surface area contributed by atoms with E-state index in [1.165, 1.54) is 0 Å². The van der Waals surface area contributed by atoms with Gasteiger partial charge in [0.25, 0.3) is 0 Å². The lowest BCUT2D eigenvalue weighted by atomic mass is 9.88. The number of Topliss-reactive ketones (excluding diaryl/α,β-unsaturated/α-hetero) is 1. The van der Waals surface area contributed by atoms with Crippen LogP contribution in [-0.4, -0.2) is 16.9 Å². The Morgan fingerprint density at radius 3 is 2.76 bits per heavy atom. The predicted octanol–water partition coefficient (Wildman–Crippen LogP) is 2.86. The molecule has 0 spiro atoms. The summed E-state index contributed by atoms with van der Waals surface area (Å²) in [4.78, 5) is 23.1. The van der Waals surface area contributed by atoms with Gasteiger partial charge in [-0.25, -0.2) is 0 Å². The lowest BCUT2D eigenvalue weighted by molar-refractivity contribution is -0.142. The van der Waals surface area contributed by atoms with Crippen molar-refractivity contribution in [2.45, 2.75) is 32.1 Å². The van der Waals surface area contributed by atoms with Crippen LogP contribution >= 0.6 is 0 Å². The molecule has 0 radical (unpaired) electrons. The van der Waals surface area contributed by atoms with Gasteiger partial charge < -0.3 is 5.11 Å². The highest BCUT2D eigenvalue weighted by atomic mass is 16.4. The van der Waals surface area contributed by atoms with E-state index in [1.54, 1.807) is 0 Å². The second-order valence-electron chi connectivity index (χ2n) is 4.59. The monoisotopic (exact) mass is 232 g/mol. The van der Waals surface area contributed by atoms with Crippen LogP contribution in [0.1, 0.15) is 48.0 Å². The molecule has 0 bridgehead atoms. The Bertz CT molecular complexity index is 451. The van der Waals surface area contributed by atoms with Gasteiger partial charge in [-0.1, -0.05) is 31.2 Å². The van der Waals surface area contributed by atoms with Crippen LogP contribution < -0.4 is 0 Å². The predicted molar refractivity (Wildman–Crippen MR) is 64.2 cm³/mol. The van der Waals surface area contributed by atoms with Crippen LogP contribution in [0.4, 0.5) is 0 Å². The Balaban J connectivity index is 2.43. The van der Waals surface area contributed by atoms with Gasteiger partial charge in [-0.05, 0) is 24.3 Å². The van der Waals surface area contributed by atoms with E-state index in [0.717, 1.165) is 12.0 Å². The highest BCUT2D eigenvalue weighted by Gasteiger charge is 2.31. The first-order valence-corrected chi connectivity index (χ1v) is 5.98. The van der Waals surface area contributed by atoms with Gasteiger partial charge in [0.15, 0.2) is 5.78 Å². The molecule has 1 aliphatic rings. The quantitative estimate of drug-likeness (QED) is 0.798. The third-order valence-electron chi connectivity index (χ3n) is 3.54. The summed E-state index contributed by atoms with van der Waals surface area (Å²) in [7, 11) is 0. The zero-order valence-corrected chi connectivity index (χ0v) is 9.85. The third kappa shape index (κ3) is 2.23. The minimum Gasteiger partial charge on any atom is -0.481 e. The van der Waals surface area contributed by atoms with E-state index >= 15 is 0 Å². The van der Waals surface area contributed by atoms with Crippen LogP contribution in [0.25, 0.3) is 0 Å². The molecule has 0 amide bonds. The molecule has 1 aromatic rings. The number of carbonyl (C=O) groups excluding carboxylic acids is 1. The van der Waals surface area contributed by atoms with Gasteiger partial charge in [-0.3, -0.25) is 9.59 Å². The van der Waals surface area contributed by atoms with Gasteiger partial charge >= 0.3 is 5.97 Å². The van der Waals surface area contributed by atoms with Crippen LogP contribution in [0.3, 0.4) is 0 Å². The molecule has 2 rings (SSSR count). The molecule has 0 saturated carbocycles. The Morgan fingerprint density at radius 1 is 1.41 bits per heavy atom. The Morgan fingerprint density at radius 2 is 2.12 bits per heavy atom. The van der Waals surface area contributed by atoms with E-state index in [2.05, 4.69) is 0 Å². The normalized spacial score (nSPS) is 23.9. The Hall–Kier alpha value is -1.64. The van der Waals surface area contributed by atoms with Crippen molar-refractivity contribution in [1.29, 1.82) is 0 Å². The third-order valence-corrected chi connectivity index (χ3v) is 3.54. The number of carboxylic acids is 1. The summed E-state index contributed by atoms with van der Waals surface area (Å²) in [6, 6.07) is 7.51. The average Bonchev–Trinajstić information content (AvgIpc) is 2.47. The highest BCUT2D eigenvalue weighted by molar-refractivity contribution is 6.00. The molecule has 3 nitrogen and oxygen atoms in total. The fraction of sp³-hybridized carbons (Fsp3) is 0.429. The minimum absolute atomic E-state index is 0.0380. The molecule has 1 aromatic carbocycles. The van der Waals surface area contributed by atoms with E-state index < -0.39 is 11.9 Å². The zero-order valence-electron chi connectivity index (χ0n) is 9.85. The summed E-state index contributed by atoms with van der Waals surface area (Å²) < 4.78 is 0. The van der Waals surface area contributed by atoms with E-state index in [0.29, 0.717) is 12.0 Å². The average molecular weight is 232 g/mol. The van der Waals surface area contributed by atoms with Crippen molar-refractivity contribution in [2.24, 2.45) is 5.92 Å². The van der Waals surface area contributed by atoms with Crippen LogP contribution in [0.2, 0.25) is 0 Å². The second-order valence-corrected chi connectivity index (χ2v) is 4.59. The molecular formula is C14H16O3. The Labute approximate surface area is 100 Å². The van der Waals surface area contributed by atoms with Crippen molar-refractivity contribution in [2.75, 3.05) is 0 Å². The fourth-order valence-corrected chi connectivity index (χ4v) is 2.57. The molecule has 0 aliphatic heterocycles. The fourth-order valence-electron chi connectivity index (χ4n) is 2.57.